The molecule has 4 rings (SSSR count). The fraction of sp³-hybridized carbons (Fsp3) is 0.250. The molecule has 28 heavy (non-hydrogen) atoms. The lowest BCUT2D eigenvalue weighted by molar-refractivity contribution is 0.414. The molecule has 0 amide bonds. The Morgan fingerprint density at radius 2 is 1.82 bits per heavy atom. The van der Waals surface area contributed by atoms with E-state index >= 15 is 0 Å². The van der Waals surface area contributed by atoms with Gasteiger partial charge in [-0.25, -0.2) is 4.98 Å². The maximum absolute atomic E-state index is 5.21. The van der Waals surface area contributed by atoms with Crippen molar-refractivity contribution in [2.75, 3.05) is 7.11 Å². The van der Waals surface area contributed by atoms with Crippen LogP contribution >= 0.6 is 34.9 Å². The molecular formula is C20H20N4OS3. The van der Waals surface area contributed by atoms with Gasteiger partial charge < -0.3 is 9.30 Å². The first-order valence-electron chi connectivity index (χ1n) is 8.93. The summed E-state index contributed by atoms with van der Waals surface area (Å²) in [7, 11) is 1.68. The number of methoxy groups -OCH3 is 1. The van der Waals surface area contributed by atoms with Gasteiger partial charge in [0.25, 0.3) is 0 Å². The second-order valence-electron chi connectivity index (χ2n) is 6.02. The molecule has 0 aliphatic heterocycles. The van der Waals surface area contributed by atoms with Crippen molar-refractivity contribution in [3.05, 3.63) is 59.9 Å². The van der Waals surface area contributed by atoms with E-state index in [-0.39, 0.29) is 0 Å². The van der Waals surface area contributed by atoms with E-state index in [0.29, 0.717) is 0 Å². The quantitative estimate of drug-likeness (QED) is 0.345. The van der Waals surface area contributed by atoms with Crippen LogP contribution in [0.4, 0.5) is 0 Å². The average molecular weight is 429 g/mol. The molecule has 4 aromatic rings. The smallest absolute Gasteiger partial charge is 0.191 e. The Hall–Kier alpha value is -2.03. The molecule has 144 valence electrons. The number of nitrogens with zero attached hydrogens (tertiary/aromatic N) is 4. The van der Waals surface area contributed by atoms with Crippen molar-refractivity contribution in [1.29, 1.82) is 0 Å². The molecule has 2 heterocycles. The molecule has 0 aliphatic carbocycles. The van der Waals surface area contributed by atoms with Crippen LogP contribution in [-0.4, -0.2) is 26.9 Å². The van der Waals surface area contributed by atoms with Gasteiger partial charge in [-0.05, 0) is 36.8 Å². The number of para-hydroxylation sites is 1. The van der Waals surface area contributed by atoms with Crippen molar-refractivity contribution in [3.8, 4) is 5.75 Å². The first-order chi connectivity index (χ1) is 13.8. The number of thiazole rings is 1. The van der Waals surface area contributed by atoms with Gasteiger partial charge in [0.05, 0.1) is 23.1 Å². The van der Waals surface area contributed by atoms with Gasteiger partial charge in [0.1, 0.15) is 11.6 Å². The third kappa shape index (κ3) is 4.34. The summed E-state index contributed by atoms with van der Waals surface area (Å²) >= 11 is 5.16. The van der Waals surface area contributed by atoms with Gasteiger partial charge in [-0.3, -0.25) is 0 Å². The first-order valence-corrected chi connectivity index (χ1v) is 11.7. The predicted molar refractivity (Wildman–Crippen MR) is 117 cm³/mol. The van der Waals surface area contributed by atoms with Crippen LogP contribution in [0.2, 0.25) is 0 Å². The molecule has 2 aromatic carbocycles. The summed E-state index contributed by atoms with van der Waals surface area (Å²) in [5.74, 6) is 3.49. The number of rotatable bonds is 8. The Morgan fingerprint density at radius 1 is 1.00 bits per heavy atom. The summed E-state index contributed by atoms with van der Waals surface area (Å²) in [5, 5.41) is 9.79. The van der Waals surface area contributed by atoms with E-state index < -0.39 is 0 Å². The van der Waals surface area contributed by atoms with Gasteiger partial charge in [0, 0.05) is 12.3 Å². The van der Waals surface area contributed by atoms with Crippen LogP contribution < -0.4 is 4.74 Å². The second-order valence-corrected chi connectivity index (χ2v) is 9.21. The van der Waals surface area contributed by atoms with Crippen molar-refractivity contribution in [1.82, 2.24) is 19.7 Å². The van der Waals surface area contributed by atoms with E-state index in [1.165, 1.54) is 10.3 Å². The highest BCUT2D eigenvalue weighted by Gasteiger charge is 2.13. The first kappa shape index (κ1) is 19.3. The van der Waals surface area contributed by atoms with E-state index in [1.807, 2.05) is 18.2 Å². The average Bonchev–Trinajstić information content (AvgIpc) is 3.33. The van der Waals surface area contributed by atoms with E-state index in [9.17, 15) is 0 Å². The summed E-state index contributed by atoms with van der Waals surface area (Å²) in [6.07, 6.45) is 0. The highest BCUT2D eigenvalue weighted by atomic mass is 32.2. The Bertz CT molecular complexity index is 1030. The maximum atomic E-state index is 5.21. The van der Waals surface area contributed by atoms with Crippen molar-refractivity contribution in [2.45, 2.75) is 34.5 Å². The van der Waals surface area contributed by atoms with Crippen LogP contribution in [0.3, 0.4) is 0 Å². The number of aromatic nitrogens is 4. The van der Waals surface area contributed by atoms with Crippen LogP contribution in [0.1, 0.15) is 18.3 Å². The summed E-state index contributed by atoms with van der Waals surface area (Å²) in [4.78, 5) is 4.69. The van der Waals surface area contributed by atoms with Crippen LogP contribution in [0.5, 0.6) is 5.75 Å². The lowest BCUT2D eigenvalue weighted by atomic mass is 10.2. The summed E-state index contributed by atoms with van der Waals surface area (Å²) < 4.78 is 9.69. The summed E-state index contributed by atoms with van der Waals surface area (Å²) in [6, 6.07) is 16.4. The molecule has 0 N–H and O–H groups in total. The van der Waals surface area contributed by atoms with Gasteiger partial charge in [-0.2, -0.15) is 0 Å². The van der Waals surface area contributed by atoms with E-state index in [2.05, 4.69) is 57.0 Å². The van der Waals surface area contributed by atoms with E-state index in [1.54, 1.807) is 42.0 Å². The molecule has 8 heteroatoms. The minimum Gasteiger partial charge on any atom is -0.497 e. The molecule has 0 spiro atoms. The van der Waals surface area contributed by atoms with Crippen LogP contribution in [0, 0.1) is 0 Å². The lowest BCUT2D eigenvalue weighted by Crippen LogP contribution is -2.02. The standard InChI is InChI=1S/C20H20N4OS3/c1-3-24-18(13-27-20-21-16-6-4-5-7-17(16)28-20)22-23-19(24)26-12-14-8-10-15(25-2)11-9-14/h4-11H,3,12-13H2,1-2H3. The Labute approximate surface area is 176 Å². The van der Waals surface area contributed by atoms with Gasteiger partial charge in [-0.15, -0.1) is 21.5 Å². The number of benzene rings is 2. The molecule has 0 atom stereocenters. The molecule has 0 saturated heterocycles. The van der Waals surface area contributed by atoms with E-state index in [0.717, 1.165) is 44.6 Å². The number of hydrogen-bond donors (Lipinski definition) is 0. The predicted octanol–water partition coefficient (Wildman–Crippen LogP) is 5.50. The Balaban J connectivity index is 1.41. The Kier molecular flexibility index (Phi) is 6.19. The van der Waals surface area contributed by atoms with Crippen LogP contribution in [0.25, 0.3) is 10.2 Å². The normalized spacial score (nSPS) is 11.2. The minimum absolute atomic E-state index is 0.768. The summed E-state index contributed by atoms with van der Waals surface area (Å²) in [6.45, 7) is 2.99. The van der Waals surface area contributed by atoms with E-state index in [4.69, 9.17) is 4.74 Å². The van der Waals surface area contributed by atoms with Gasteiger partial charge >= 0.3 is 0 Å². The largest absolute Gasteiger partial charge is 0.497 e. The molecule has 5 nitrogen and oxygen atoms in total. The van der Waals surface area contributed by atoms with Crippen LogP contribution in [-0.2, 0) is 18.1 Å². The number of thioether (sulfide) groups is 2. The third-order valence-corrected chi connectivity index (χ3v) is 7.45. The molecule has 0 bridgehead atoms. The van der Waals surface area contributed by atoms with Crippen molar-refractivity contribution in [2.24, 2.45) is 0 Å². The van der Waals surface area contributed by atoms with Crippen molar-refractivity contribution >= 4 is 45.1 Å². The van der Waals surface area contributed by atoms with Gasteiger partial charge in [0.2, 0.25) is 0 Å². The zero-order valence-electron chi connectivity index (χ0n) is 15.7. The minimum atomic E-state index is 0.768. The van der Waals surface area contributed by atoms with Gasteiger partial charge in [-0.1, -0.05) is 47.8 Å². The molecule has 0 saturated carbocycles. The topological polar surface area (TPSA) is 52.8 Å². The molecule has 0 fully saturated rings. The number of fused-ring (bicyclic) bond motifs is 1. The molecule has 0 aliphatic rings. The molecule has 0 radical (unpaired) electrons. The van der Waals surface area contributed by atoms with Crippen LogP contribution in [0.15, 0.2) is 58.0 Å². The molecular weight excluding hydrogens is 408 g/mol. The Morgan fingerprint density at radius 3 is 2.57 bits per heavy atom. The summed E-state index contributed by atoms with van der Waals surface area (Å²) in [5.41, 5.74) is 2.30. The number of ether oxygens (including phenoxy) is 1. The molecule has 2 aromatic heterocycles. The fourth-order valence-electron chi connectivity index (χ4n) is 2.76. The molecule has 0 unspecified atom stereocenters. The zero-order chi connectivity index (χ0) is 19.3. The zero-order valence-corrected chi connectivity index (χ0v) is 18.1. The van der Waals surface area contributed by atoms with Crippen molar-refractivity contribution in [3.63, 3.8) is 0 Å². The number of hydrogen-bond acceptors (Lipinski definition) is 7. The third-order valence-electron chi connectivity index (χ3n) is 4.24. The monoisotopic (exact) mass is 428 g/mol. The SMILES string of the molecule is CCn1c(CSc2nc3ccccc3s2)nnc1SCc1ccc(OC)cc1. The second kappa shape index (κ2) is 8.98. The lowest BCUT2D eigenvalue weighted by Gasteiger charge is -2.07. The van der Waals surface area contributed by atoms with Gasteiger partial charge in [0.15, 0.2) is 9.50 Å². The highest BCUT2D eigenvalue weighted by molar-refractivity contribution is 8.00. The highest BCUT2D eigenvalue weighted by Crippen LogP contribution is 2.32. The maximum Gasteiger partial charge on any atom is 0.191 e. The fourth-order valence-corrected chi connectivity index (χ4v) is 5.74. The van der Waals surface area contributed by atoms with Crippen molar-refractivity contribution < 1.29 is 4.74 Å².